The Balaban J connectivity index is 2.08. The van der Waals surface area contributed by atoms with Crippen molar-refractivity contribution in [3.8, 4) is 11.1 Å². The van der Waals surface area contributed by atoms with E-state index < -0.39 is 0 Å². The molecule has 0 unspecified atom stereocenters. The van der Waals surface area contributed by atoms with Crippen molar-refractivity contribution in [2.24, 2.45) is 0 Å². The summed E-state index contributed by atoms with van der Waals surface area (Å²) in [7, 11) is 0. The van der Waals surface area contributed by atoms with E-state index in [1.807, 2.05) is 12.1 Å². The average Bonchev–Trinajstić information content (AvgIpc) is 2.83. The number of rotatable bonds is 2. The predicted octanol–water partition coefficient (Wildman–Crippen LogP) is 3.28. The van der Waals surface area contributed by atoms with Crippen LogP contribution in [0.1, 0.15) is 44.7 Å². The predicted molar refractivity (Wildman–Crippen MR) is 76.7 cm³/mol. The zero-order valence-electron chi connectivity index (χ0n) is 11.3. The van der Waals surface area contributed by atoms with Gasteiger partial charge in [-0.25, -0.2) is 0 Å². The summed E-state index contributed by atoms with van der Waals surface area (Å²) >= 11 is 0. The second-order valence-corrected chi connectivity index (χ2v) is 5.72. The molecule has 1 saturated carbocycles. The van der Waals surface area contributed by atoms with Crippen molar-refractivity contribution in [1.29, 1.82) is 0 Å². The molecule has 0 atom stereocenters. The molecule has 3 rings (SSSR count). The third-order valence-corrected chi connectivity index (χ3v) is 4.32. The molecule has 0 aliphatic heterocycles. The molecular weight excluding hydrogens is 236 g/mol. The number of nitrogen functional groups attached to an aromatic ring is 1. The van der Waals surface area contributed by atoms with Gasteiger partial charge in [0.2, 0.25) is 0 Å². The minimum absolute atomic E-state index is 0.168. The maximum Gasteiger partial charge on any atom is 0.153 e. The van der Waals surface area contributed by atoms with Crippen LogP contribution in [0.3, 0.4) is 0 Å². The summed E-state index contributed by atoms with van der Waals surface area (Å²) in [5.74, 6) is 0.591. The number of hydrogen-bond acceptors (Lipinski definition) is 3. The van der Waals surface area contributed by atoms with Crippen LogP contribution in [0, 0.1) is 0 Å². The summed E-state index contributed by atoms with van der Waals surface area (Å²) in [6.45, 7) is 2.32. The lowest BCUT2D eigenvalue weighted by Gasteiger charge is -2.33. The Hall–Kier alpha value is -1.84. The van der Waals surface area contributed by atoms with Crippen LogP contribution in [0.25, 0.3) is 11.1 Å². The third-order valence-electron chi connectivity index (χ3n) is 4.32. The Morgan fingerprint density at radius 1 is 1.16 bits per heavy atom. The van der Waals surface area contributed by atoms with Gasteiger partial charge >= 0.3 is 0 Å². The Morgan fingerprint density at radius 2 is 1.84 bits per heavy atom. The minimum Gasteiger partial charge on any atom is -0.382 e. The van der Waals surface area contributed by atoms with Crippen LogP contribution in [0.15, 0.2) is 24.5 Å². The molecule has 1 aliphatic carbocycles. The number of nitrogens with two attached hydrogens (primary N) is 1. The topological polar surface area (TPSA) is 67.6 Å². The summed E-state index contributed by atoms with van der Waals surface area (Å²) in [6, 6.07) is 3.99. The molecule has 2 aromatic heterocycles. The highest BCUT2D eigenvalue weighted by Crippen LogP contribution is 2.43. The molecular formula is C15H20N4. The van der Waals surface area contributed by atoms with Gasteiger partial charge in [0.15, 0.2) is 5.82 Å². The molecule has 0 amide bonds. The van der Waals surface area contributed by atoms with E-state index in [1.165, 1.54) is 37.8 Å². The quantitative estimate of drug-likeness (QED) is 0.866. The fraction of sp³-hybridized carbons (Fsp3) is 0.467. The minimum atomic E-state index is 0.168. The van der Waals surface area contributed by atoms with Gasteiger partial charge in [0.1, 0.15) is 0 Å². The number of nitrogens with zero attached hydrogens (tertiary/aromatic N) is 2. The Bertz CT molecular complexity index is 553. The van der Waals surface area contributed by atoms with Gasteiger partial charge in [-0.1, -0.05) is 26.2 Å². The zero-order chi connectivity index (χ0) is 13.3. The number of H-pyrrole nitrogens is 1. The fourth-order valence-electron chi connectivity index (χ4n) is 3.19. The molecule has 0 bridgehead atoms. The summed E-state index contributed by atoms with van der Waals surface area (Å²) in [4.78, 5) is 4.07. The normalized spacial score (nSPS) is 18.4. The molecule has 19 heavy (non-hydrogen) atoms. The molecule has 1 fully saturated rings. The van der Waals surface area contributed by atoms with Crippen LogP contribution in [0.2, 0.25) is 0 Å². The standard InChI is InChI=1S/C15H20N4/c1-15(7-3-2-4-8-15)13-12(14(16)19-18-13)11-5-9-17-10-6-11/h5-6,9-10H,2-4,7-8H2,1H3,(H3,16,18,19). The molecule has 1 aliphatic rings. The van der Waals surface area contributed by atoms with E-state index in [0.717, 1.165) is 11.1 Å². The van der Waals surface area contributed by atoms with Crippen LogP contribution in [-0.4, -0.2) is 15.2 Å². The van der Waals surface area contributed by atoms with Crippen molar-refractivity contribution < 1.29 is 0 Å². The highest BCUT2D eigenvalue weighted by molar-refractivity contribution is 5.76. The smallest absolute Gasteiger partial charge is 0.153 e. The number of pyridine rings is 1. The van der Waals surface area contributed by atoms with E-state index in [1.54, 1.807) is 12.4 Å². The van der Waals surface area contributed by atoms with Crippen molar-refractivity contribution in [2.45, 2.75) is 44.4 Å². The zero-order valence-corrected chi connectivity index (χ0v) is 11.3. The van der Waals surface area contributed by atoms with Crippen LogP contribution >= 0.6 is 0 Å². The van der Waals surface area contributed by atoms with E-state index in [4.69, 9.17) is 5.73 Å². The monoisotopic (exact) mass is 256 g/mol. The molecule has 4 heteroatoms. The first kappa shape index (κ1) is 12.2. The van der Waals surface area contributed by atoms with Crippen LogP contribution in [0.4, 0.5) is 5.82 Å². The number of aromatic amines is 1. The second-order valence-electron chi connectivity index (χ2n) is 5.72. The van der Waals surface area contributed by atoms with Crippen LogP contribution < -0.4 is 5.73 Å². The Morgan fingerprint density at radius 3 is 2.53 bits per heavy atom. The number of hydrogen-bond donors (Lipinski definition) is 2. The van der Waals surface area contributed by atoms with E-state index >= 15 is 0 Å². The molecule has 2 aromatic rings. The molecule has 0 spiro atoms. The summed E-state index contributed by atoms with van der Waals surface area (Å²) in [6.07, 6.45) is 9.91. The number of anilines is 1. The molecule has 0 radical (unpaired) electrons. The Kier molecular flexibility index (Phi) is 3.01. The SMILES string of the molecule is CC1(c2[nH]nc(N)c2-c2ccncc2)CCCCC1. The lowest BCUT2D eigenvalue weighted by Crippen LogP contribution is -2.26. The second kappa shape index (κ2) is 4.68. The first-order valence-electron chi connectivity index (χ1n) is 6.95. The maximum atomic E-state index is 6.08. The lowest BCUT2D eigenvalue weighted by molar-refractivity contribution is 0.312. The van der Waals surface area contributed by atoms with E-state index in [2.05, 4.69) is 22.1 Å². The van der Waals surface area contributed by atoms with Crippen LogP contribution in [0.5, 0.6) is 0 Å². The summed E-state index contributed by atoms with van der Waals surface area (Å²) in [5, 5.41) is 7.43. The van der Waals surface area contributed by atoms with Crippen molar-refractivity contribution in [3.05, 3.63) is 30.2 Å². The highest BCUT2D eigenvalue weighted by atomic mass is 15.2. The van der Waals surface area contributed by atoms with Crippen molar-refractivity contribution in [1.82, 2.24) is 15.2 Å². The summed E-state index contributed by atoms with van der Waals surface area (Å²) < 4.78 is 0. The van der Waals surface area contributed by atoms with Crippen molar-refractivity contribution >= 4 is 5.82 Å². The molecule has 3 N–H and O–H groups in total. The molecule has 2 heterocycles. The van der Waals surface area contributed by atoms with Gasteiger partial charge in [-0.2, -0.15) is 5.10 Å². The number of nitrogens with one attached hydrogen (secondary N) is 1. The largest absolute Gasteiger partial charge is 0.382 e. The fourth-order valence-corrected chi connectivity index (χ4v) is 3.19. The van der Waals surface area contributed by atoms with Crippen LogP contribution in [-0.2, 0) is 5.41 Å². The lowest BCUT2D eigenvalue weighted by atomic mass is 9.72. The van der Waals surface area contributed by atoms with Gasteiger partial charge in [0.25, 0.3) is 0 Å². The molecule has 100 valence electrons. The van der Waals surface area contributed by atoms with Gasteiger partial charge in [0.05, 0.1) is 5.69 Å². The van der Waals surface area contributed by atoms with Gasteiger partial charge in [-0.15, -0.1) is 0 Å². The van der Waals surface area contributed by atoms with E-state index in [-0.39, 0.29) is 5.41 Å². The van der Waals surface area contributed by atoms with E-state index in [9.17, 15) is 0 Å². The maximum absolute atomic E-state index is 6.08. The van der Waals surface area contributed by atoms with Gasteiger partial charge in [0, 0.05) is 23.4 Å². The Labute approximate surface area is 113 Å². The number of aromatic nitrogens is 3. The van der Waals surface area contributed by atoms with Gasteiger partial charge in [-0.3, -0.25) is 10.1 Å². The molecule has 0 saturated heterocycles. The van der Waals surface area contributed by atoms with Gasteiger partial charge < -0.3 is 5.73 Å². The highest BCUT2D eigenvalue weighted by Gasteiger charge is 2.33. The third kappa shape index (κ3) is 2.11. The van der Waals surface area contributed by atoms with E-state index in [0.29, 0.717) is 5.82 Å². The molecule has 0 aromatic carbocycles. The first-order valence-corrected chi connectivity index (χ1v) is 6.95. The van der Waals surface area contributed by atoms with Crippen molar-refractivity contribution in [2.75, 3.05) is 5.73 Å². The molecule has 4 nitrogen and oxygen atoms in total. The first-order chi connectivity index (χ1) is 9.21. The van der Waals surface area contributed by atoms with Gasteiger partial charge in [-0.05, 0) is 30.5 Å². The van der Waals surface area contributed by atoms with Crippen molar-refractivity contribution in [3.63, 3.8) is 0 Å². The average molecular weight is 256 g/mol. The summed E-state index contributed by atoms with van der Waals surface area (Å²) in [5.41, 5.74) is 9.60.